The number of fused-ring (bicyclic) bond motifs is 1. The van der Waals surface area contributed by atoms with Crippen molar-refractivity contribution < 1.29 is 27.1 Å². The molecule has 3 heterocycles. The molecule has 3 aromatic rings. The number of hydrogen-bond acceptors (Lipinski definition) is 3. The van der Waals surface area contributed by atoms with Gasteiger partial charge in [-0.15, -0.1) is 0 Å². The molecule has 1 atom stereocenters. The molecule has 1 unspecified atom stereocenters. The van der Waals surface area contributed by atoms with Crippen molar-refractivity contribution in [3.63, 3.8) is 0 Å². The predicted octanol–water partition coefficient (Wildman–Crippen LogP) is 4.51. The lowest BCUT2D eigenvalue weighted by Crippen LogP contribution is -2.41. The highest BCUT2D eigenvalue weighted by Crippen LogP contribution is 2.32. The van der Waals surface area contributed by atoms with E-state index in [1.165, 1.54) is 30.3 Å². The van der Waals surface area contributed by atoms with Gasteiger partial charge in [-0.1, -0.05) is 0 Å². The molecule has 158 valence electrons. The first kappa shape index (κ1) is 20.2. The number of piperidine rings is 1. The fourth-order valence-electron chi connectivity index (χ4n) is 3.63. The average molecular weight is 421 g/mol. The van der Waals surface area contributed by atoms with Crippen LogP contribution in [0.1, 0.15) is 30.1 Å². The molecule has 1 fully saturated rings. The minimum atomic E-state index is -4.50. The molecule has 1 aromatic carbocycles. The molecule has 30 heavy (non-hydrogen) atoms. The van der Waals surface area contributed by atoms with E-state index in [4.69, 9.17) is 4.74 Å². The lowest BCUT2D eigenvalue weighted by molar-refractivity contribution is -0.141. The van der Waals surface area contributed by atoms with Gasteiger partial charge < -0.3 is 14.6 Å². The standard InChI is InChI=1S/C21H19F4N3O2/c22-14-3-5-15(6-4-14)30-12-20(29)28-9-1-2-13(11-28)17-10-18-16(26-17)7-8-19(27-18)21(23,24)25/h3-8,10,13,26H,1-2,9,11-12H2. The molecular weight excluding hydrogens is 402 g/mol. The number of rotatable bonds is 4. The molecule has 2 aromatic heterocycles. The summed E-state index contributed by atoms with van der Waals surface area (Å²) >= 11 is 0. The second kappa shape index (κ2) is 7.97. The van der Waals surface area contributed by atoms with Gasteiger partial charge in [0.2, 0.25) is 0 Å². The first-order valence-electron chi connectivity index (χ1n) is 9.52. The van der Waals surface area contributed by atoms with Gasteiger partial charge in [0.1, 0.15) is 17.3 Å². The zero-order valence-corrected chi connectivity index (χ0v) is 15.9. The molecule has 0 spiro atoms. The lowest BCUT2D eigenvalue weighted by Gasteiger charge is -2.32. The Morgan fingerprint density at radius 2 is 1.97 bits per heavy atom. The van der Waals surface area contributed by atoms with Crippen LogP contribution in [0.15, 0.2) is 42.5 Å². The highest BCUT2D eigenvalue weighted by molar-refractivity contribution is 5.78. The number of aromatic nitrogens is 2. The molecule has 1 N–H and O–H groups in total. The molecule has 0 bridgehead atoms. The molecular formula is C21H19F4N3O2. The minimum absolute atomic E-state index is 0.0305. The Labute approximate surface area is 169 Å². The highest BCUT2D eigenvalue weighted by Gasteiger charge is 2.33. The zero-order valence-electron chi connectivity index (χ0n) is 15.9. The van der Waals surface area contributed by atoms with E-state index in [1.807, 2.05) is 0 Å². The summed E-state index contributed by atoms with van der Waals surface area (Å²) in [5.41, 5.74) is 0.608. The predicted molar refractivity (Wildman–Crippen MR) is 102 cm³/mol. The summed E-state index contributed by atoms with van der Waals surface area (Å²) in [5.74, 6) is -0.210. The second-order valence-electron chi connectivity index (χ2n) is 7.27. The number of alkyl halides is 3. The number of aromatic amines is 1. The van der Waals surface area contributed by atoms with Crippen LogP contribution in [0.25, 0.3) is 11.0 Å². The molecule has 1 saturated heterocycles. The SMILES string of the molecule is O=C(COc1ccc(F)cc1)N1CCCC(c2cc3nc(C(F)(F)F)ccc3[nH]2)C1. The molecule has 1 aliphatic rings. The summed E-state index contributed by atoms with van der Waals surface area (Å²) in [6.45, 7) is 0.852. The summed E-state index contributed by atoms with van der Waals surface area (Å²) in [6.07, 6.45) is -2.92. The maximum absolute atomic E-state index is 12.9. The molecule has 9 heteroatoms. The van der Waals surface area contributed by atoms with E-state index in [1.54, 1.807) is 11.0 Å². The molecule has 0 saturated carbocycles. The Kier molecular flexibility index (Phi) is 5.36. The van der Waals surface area contributed by atoms with Crippen molar-refractivity contribution >= 4 is 16.9 Å². The smallest absolute Gasteiger partial charge is 0.433 e. The van der Waals surface area contributed by atoms with Crippen molar-refractivity contribution in [1.29, 1.82) is 0 Å². The number of likely N-dealkylation sites (tertiary alicyclic amines) is 1. The van der Waals surface area contributed by atoms with Crippen molar-refractivity contribution in [2.75, 3.05) is 19.7 Å². The van der Waals surface area contributed by atoms with E-state index in [9.17, 15) is 22.4 Å². The number of benzene rings is 1. The average Bonchev–Trinajstić information content (AvgIpc) is 3.16. The summed E-state index contributed by atoms with van der Waals surface area (Å²) < 4.78 is 57.0. The molecule has 1 aliphatic heterocycles. The topological polar surface area (TPSA) is 58.2 Å². The summed E-state index contributed by atoms with van der Waals surface area (Å²) in [7, 11) is 0. The van der Waals surface area contributed by atoms with Gasteiger partial charge >= 0.3 is 6.18 Å². The number of pyridine rings is 1. The molecule has 1 amide bonds. The van der Waals surface area contributed by atoms with Gasteiger partial charge in [0.15, 0.2) is 6.61 Å². The van der Waals surface area contributed by atoms with Crippen molar-refractivity contribution in [1.82, 2.24) is 14.9 Å². The van der Waals surface area contributed by atoms with Crippen LogP contribution in [-0.4, -0.2) is 40.5 Å². The van der Waals surface area contributed by atoms with Gasteiger partial charge in [-0.25, -0.2) is 9.37 Å². The van der Waals surface area contributed by atoms with Gasteiger partial charge in [-0.05, 0) is 55.3 Å². The molecule has 4 rings (SSSR count). The van der Waals surface area contributed by atoms with E-state index < -0.39 is 11.9 Å². The van der Waals surface area contributed by atoms with Crippen LogP contribution in [0.5, 0.6) is 5.75 Å². The van der Waals surface area contributed by atoms with Crippen molar-refractivity contribution in [3.05, 3.63) is 59.7 Å². The maximum Gasteiger partial charge on any atom is 0.433 e. The Morgan fingerprint density at radius 1 is 1.20 bits per heavy atom. The number of nitrogens with one attached hydrogen (secondary N) is 1. The Morgan fingerprint density at radius 3 is 2.70 bits per heavy atom. The third-order valence-electron chi connectivity index (χ3n) is 5.18. The summed E-state index contributed by atoms with van der Waals surface area (Å²) in [6, 6.07) is 9.36. The van der Waals surface area contributed by atoms with Crippen LogP contribution >= 0.6 is 0 Å². The van der Waals surface area contributed by atoms with Gasteiger partial charge in [0, 0.05) is 24.7 Å². The number of carbonyl (C=O) groups is 1. The van der Waals surface area contributed by atoms with Crippen molar-refractivity contribution in [2.24, 2.45) is 0 Å². The number of H-pyrrole nitrogens is 1. The van der Waals surface area contributed by atoms with Crippen LogP contribution in [0, 0.1) is 5.82 Å². The van der Waals surface area contributed by atoms with Crippen LogP contribution < -0.4 is 4.74 Å². The van der Waals surface area contributed by atoms with E-state index >= 15 is 0 Å². The van der Waals surface area contributed by atoms with E-state index in [0.717, 1.165) is 24.6 Å². The number of halogens is 4. The Balaban J connectivity index is 1.43. The Bertz CT molecular complexity index is 1050. The van der Waals surface area contributed by atoms with Gasteiger partial charge in [-0.3, -0.25) is 4.79 Å². The first-order chi connectivity index (χ1) is 14.3. The Hall–Kier alpha value is -3.10. The first-order valence-corrected chi connectivity index (χ1v) is 9.52. The second-order valence-corrected chi connectivity index (χ2v) is 7.27. The number of nitrogens with zero attached hydrogens (tertiary/aromatic N) is 2. The molecule has 5 nitrogen and oxygen atoms in total. The fraction of sp³-hybridized carbons (Fsp3) is 0.333. The van der Waals surface area contributed by atoms with Crippen LogP contribution in [0.3, 0.4) is 0 Å². The van der Waals surface area contributed by atoms with Gasteiger partial charge in [0.05, 0.1) is 11.0 Å². The molecule has 0 radical (unpaired) electrons. The number of ether oxygens (including phenoxy) is 1. The van der Waals surface area contributed by atoms with Gasteiger partial charge in [0.25, 0.3) is 5.91 Å². The highest BCUT2D eigenvalue weighted by atomic mass is 19.4. The third-order valence-corrected chi connectivity index (χ3v) is 5.18. The van der Waals surface area contributed by atoms with Crippen molar-refractivity contribution in [2.45, 2.75) is 24.9 Å². The zero-order chi connectivity index (χ0) is 21.3. The van der Waals surface area contributed by atoms with E-state index in [2.05, 4.69) is 9.97 Å². The monoisotopic (exact) mass is 421 g/mol. The minimum Gasteiger partial charge on any atom is -0.484 e. The van der Waals surface area contributed by atoms with Crippen LogP contribution in [-0.2, 0) is 11.0 Å². The normalized spacial score (nSPS) is 17.3. The van der Waals surface area contributed by atoms with Crippen molar-refractivity contribution in [3.8, 4) is 5.75 Å². The quantitative estimate of drug-likeness (QED) is 0.631. The summed E-state index contributed by atoms with van der Waals surface area (Å²) in [5, 5.41) is 0. The lowest BCUT2D eigenvalue weighted by atomic mass is 9.95. The maximum atomic E-state index is 12.9. The van der Waals surface area contributed by atoms with Crippen LogP contribution in [0.2, 0.25) is 0 Å². The number of amides is 1. The molecule has 0 aliphatic carbocycles. The third kappa shape index (κ3) is 4.39. The van der Waals surface area contributed by atoms with Crippen LogP contribution in [0.4, 0.5) is 17.6 Å². The van der Waals surface area contributed by atoms with E-state index in [0.29, 0.717) is 24.4 Å². The number of hydrogen-bond donors (Lipinski definition) is 1. The number of carbonyl (C=O) groups excluding carboxylic acids is 1. The fourth-order valence-corrected chi connectivity index (χ4v) is 3.63. The van der Waals surface area contributed by atoms with E-state index in [-0.39, 0.29) is 29.8 Å². The summed E-state index contributed by atoms with van der Waals surface area (Å²) in [4.78, 5) is 21.0. The van der Waals surface area contributed by atoms with Gasteiger partial charge in [-0.2, -0.15) is 13.2 Å². The largest absolute Gasteiger partial charge is 0.484 e.